The Balaban J connectivity index is 2.66. The Hall–Kier alpha value is -1.37. The molecule has 0 bridgehead atoms. The van der Waals surface area contributed by atoms with Crippen LogP contribution in [0.2, 0.25) is 0 Å². The van der Waals surface area contributed by atoms with E-state index < -0.39 is 0 Å². The highest BCUT2D eigenvalue weighted by atomic mass is 16.5. The summed E-state index contributed by atoms with van der Waals surface area (Å²) in [5, 5.41) is 12.5. The molecule has 0 aliphatic heterocycles. The Morgan fingerprint density at radius 3 is 2.60 bits per heavy atom. The van der Waals surface area contributed by atoms with Crippen LogP contribution in [0.15, 0.2) is 4.52 Å². The summed E-state index contributed by atoms with van der Waals surface area (Å²) >= 11 is 0. The van der Waals surface area contributed by atoms with Gasteiger partial charge in [0.15, 0.2) is 5.82 Å². The summed E-state index contributed by atoms with van der Waals surface area (Å²) in [4.78, 5) is 4.32. The molecule has 0 saturated heterocycles. The topological polar surface area (TPSA) is 62.7 Å². The molecule has 0 saturated carbocycles. The highest BCUT2D eigenvalue weighted by Gasteiger charge is 2.21. The average molecular weight is 207 g/mol. The summed E-state index contributed by atoms with van der Waals surface area (Å²) in [7, 11) is 0. The Morgan fingerprint density at radius 1 is 1.47 bits per heavy atom. The third-order valence-corrected chi connectivity index (χ3v) is 2.10. The van der Waals surface area contributed by atoms with Crippen LogP contribution >= 0.6 is 0 Å². The third-order valence-electron chi connectivity index (χ3n) is 2.10. The summed E-state index contributed by atoms with van der Waals surface area (Å²) < 4.78 is 5.14. The molecule has 1 rings (SSSR count). The van der Waals surface area contributed by atoms with E-state index in [1.54, 1.807) is 0 Å². The Bertz CT molecular complexity index is 357. The van der Waals surface area contributed by atoms with Crippen LogP contribution in [0.1, 0.15) is 45.8 Å². The van der Waals surface area contributed by atoms with Crippen molar-refractivity contribution in [3.63, 3.8) is 0 Å². The minimum absolute atomic E-state index is 0.0831. The molecule has 0 aromatic carbocycles. The SMILES string of the molecule is CC(CC#N)Cc1nc(C(C)(C)C)no1. The summed E-state index contributed by atoms with van der Waals surface area (Å²) in [5.74, 6) is 1.62. The molecule has 82 valence electrons. The maximum absolute atomic E-state index is 8.53. The minimum atomic E-state index is -0.0831. The van der Waals surface area contributed by atoms with Crippen LogP contribution in [0.25, 0.3) is 0 Å². The standard InChI is InChI=1S/C11H17N3O/c1-8(5-6-12)7-9-13-10(14-15-9)11(2,3)4/h8H,5,7H2,1-4H3. The summed E-state index contributed by atoms with van der Waals surface area (Å²) in [6.07, 6.45) is 1.20. The number of hydrogen-bond acceptors (Lipinski definition) is 4. The average Bonchev–Trinajstić information content (AvgIpc) is 2.52. The smallest absolute Gasteiger partial charge is 0.226 e. The van der Waals surface area contributed by atoms with Crippen molar-refractivity contribution in [3.05, 3.63) is 11.7 Å². The maximum atomic E-state index is 8.53. The molecule has 1 aromatic heterocycles. The monoisotopic (exact) mass is 207 g/mol. The first kappa shape index (κ1) is 11.7. The largest absolute Gasteiger partial charge is 0.339 e. The molecule has 0 fully saturated rings. The van der Waals surface area contributed by atoms with Crippen LogP contribution in [0.3, 0.4) is 0 Å². The maximum Gasteiger partial charge on any atom is 0.226 e. The van der Waals surface area contributed by atoms with Gasteiger partial charge in [-0.25, -0.2) is 0 Å². The number of nitriles is 1. The summed E-state index contributed by atoms with van der Waals surface area (Å²) in [6.45, 7) is 8.13. The van der Waals surface area contributed by atoms with Crippen molar-refractivity contribution < 1.29 is 4.52 Å². The zero-order chi connectivity index (χ0) is 11.5. The molecule has 0 N–H and O–H groups in total. The Kier molecular flexibility index (Phi) is 3.46. The van der Waals surface area contributed by atoms with Gasteiger partial charge >= 0.3 is 0 Å². The van der Waals surface area contributed by atoms with E-state index in [1.165, 1.54) is 0 Å². The van der Waals surface area contributed by atoms with Gasteiger partial charge in [-0.2, -0.15) is 10.2 Å². The summed E-state index contributed by atoms with van der Waals surface area (Å²) in [6, 6.07) is 2.13. The van der Waals surface area contributed by atoms with Gasteiger partial charge in [-0.05, 0) is 5.92 Å². The molecule has 0 aliphatic carbocycles. The summed E-state index contributed by atoms with van der Waals surface area (Å²) in [5.41, 5.74) is -0.0831. The molecule has 1 heterocycles. The molecule has 15 heavy (non-hydrogen) atoms. The first-order valence-corrected chi connectivity index (χ1v) is 5.13. The van der Waals surface area contributed by atoms with Gasteiger partial charge in [0, 0.05) is 18.3 Å². The van der Waals surface area contributed by atoms with Crippen LogP contribution in [0, 0.1) is 17.2 Å². The van der Waals surface area contributed by atoms with Gasteiger partial charge in [-0.3, -0.25) is 0 Å². The second-order valence-corrected chi connectivity index (χ2v) is 4.93. The zero-order valence-corrected chi connectivity index (χ0v) is 9.74. The van der Waals surface area contributed by atoms with Gasteiger partial charge < -0.3 is 4.52 Å². The molecular weight excluding hydrogens is 190 g/mol. The first-order valence-electron chi connectivity index (χ1n) is 5.13. The van der Waals surface area contributed by atoms with E-state index in [4.69, 9.17) is 9.78 Å². The highest BCUT2D eigenvalue weighted by molar-refractivity contribution is 5.00. The van der Waals surface area contributed by atoms with Crippen molar-refractivity contribution in [2.75, 3.05) is 0 Å². The third kappa shape index (κ3) is 3.35. The van der Waals surface area contributed by atoms with E-state index in [2.05, 4.69) is 16.2 Å². The molecule has 0 radical (unpaired) electrons. The van der Waals surface area contributed by atoms with Crippen LogP contribution in [-0.2, 0) is 11.8 Å². The van der Waals surface area contributed by atoms with E-state index in [0.717, 1.165) is 5.82 Å². The van der Waals surface area contributed by atoms with E-state index in [-0.39, 0.29) is 11.3 Å². The van der Waals surface area contributed by atoms with Crippen molar-refractivity contribution in [2.24, 2.45) is 5.92 Å². The Labute approximate surface area is 90.3 Å². The molecule has 1 aromatic rings. The number of aromatic nitrogens is 2. The lowest BCUT2D eigenvalue weighted by molar-refractivity contribution is 0.348. The number of nitrogens with zero attached hydrogens (tertiary/aromatic N) is 3. The lowest BCUT2D eigenvalue weighted by Crippen LogP contribution is -2.13. The zero-order valence-electron chi connectivity index (χ0n) is 9.74. The normalized spacial score (nSPS) is 13.5. The van der Waals surface area contributed by atoms with Gasteiger partial charge in [0.05, 0.1) is 6.07 Å². The van der Waals surface area contributed by atoms with Crippen LogP contribution in [0.5, 0.6) is 0 Å². The second-order valence-electron chi connectivity index (χ2n) is 4.93. The minimum Gasteiger partial charge on any atom is -0.339 e. The van der Waals surface area contributed by atoms with Crippen molar-refractivity contribution >= 4 is 0 Å². The predicted molar refractivity (Wildman–Crippen MR) is 56.1 cm³/mol. The molecule has 1 unspecified atom stereocenters. The lowest BCUT2D eigenvalue weighted by Gasteiger charge is -2.10. The van der Waals surface area contributed by atoms with Crippen molar-refractivity contribution in [2.45, 2.75) is 46.0 Å². The molecule has 4 heteroatoms. The van der Waals surface area contributed by atoms with Gasteiger partial charge in [0.1, 0.15) is 0 Å². The highest BCUT2D eigenvalue weighted by Crippen LogP contribution is 2.19. The van der Waals surface area contributed by atoms with E-state index >= 15 is 0 Å². The molecule has 4 nitrogen and oxygen atoms in total. The van der Waals surface area contributed by atoms with Gasteiger partial charge in [-0.1, -0.05) is 32.9 Å². The second kappa shape index (κ2) is 4.43. The van der Waals surface area contributed by atoms with E-state index in [9.17, 15) is 0 Å². The first-order chi connectivity index (χ1) is 6.93. The fourth-order valence-corrected chi connectivity index (χ4v) is 1.17. The van der Waals surface area contributed by atoms with Crippen molar-refractivity contribution in [1.29, 1.82) is 5.26 Å². The van der Waals surface area contributed by atoms with E-state index in [1.807, 2.05) is 27.7 Å². The lowest BCUT2D eigenvalue weighted by atomic mass is 9.96. The molecule has 1 atom stereocenters. The fourth-order valence-electron chi connectivity index (χ4n) is 1.17. The van der Waals surface area contributed by atoms with E-state index in [0.29, 0.717) is 18.7 Å². The van der Waals surface area contributed by atoms with Crippen LogP contribution < -0.4 is 0 Å². The van der Waals surface area contributed by atoms with Crippen molar-refractivity contribution in [3.8, 4) is 6.07 Å². The van der Waals surface area contributed by atoms with Crippen molar-refractivity contribution in [1.82, 2.24) is 10.1 Å². The molecule has 0 aliphatic rings. The predicted octanol–water partition coefficient (Wildman–Crippen LogP) is 2.46. The molecule has 0 amide bonds. The number of hydrogen-bond donors (Lipinski definition) is 0. The molecule has 0 spiro atoms. The van der Waals surface area contributed by atoms with Gasteiger partial charge in [0.2, 0.25) is 5.89 Å². The van der Waals surface area contributed by atoms with Crippen LogP contribution in [0.4, 0.5) is 0 Å². The fraction of sp³-hybridized carbons (Fsp3) is 0.727. The number of rotatable bonds is 3. The van der Waals surface area contributed by atoms with Gasteiger partial charge in [0.25, 0.3) is 0 Å². The Morgan fingerprint density at radius 2 is 2.13 bits per heavy atom. The van der Waals surface area contributed by atoms with Crippen LogP contribution in [-0.4, -0.2) is 10.1 Å². The quantitative estimate of drug-likeness (QED) is 0.763. The molecular formula is C11H17N3O. The van der Waals surface area contributed by atoms with Gasteiger partial charge in [-0.15, -0.1) is 0 Å².